The van der Waals surface area contributed by atoms with E-state index in [1.807, 2.05) is 0 Å². The summed E-state index contributed by atoms with van der Waals surface area (Å²) in [6.07, 6.45) is 0. The van der Waals surface area contributed by atoms with Crippen LogP contribution in [0.3, 0.4) is 0 Å². The molecule has 0 unspecified atom stereocenters. The van der Waals surface area contributed by atoms with Gasteiger partial charge in [-0.25, -0.2) is 9.79 Å². The molecule has 0 bridgehead atoms. The average molecular weight is 425 g/mol. The lowest BCUT2D eigenvalue weighted by Gasteiger charge is -2.21. The Morgan fingerprint density at radius 1 is 1.03 bits per heavy atom. The van der Waals surface area contributed by atoms with Crippen molar-refractivity contribution < 1.29 is 19.4 Å². The molecule has 0 fully saturated rings. The van der Waals surface area contributed by atoms with Crippen LogP contribution >= 0.6 is 11.6 Å². The van der Waals surface area contributed by atoms with Gasteiger partial charge in [-0.05, 0) is 52.0 Å². The number of hydrogen-bond acceptors (Lipinski definition) is 4. The first kappa shape index (κ1) is 21.5. The number of benzene rings is 2. The molecule has 2 aromatic rings. The Balaban J connectivity index is 2.07. The van der Waals surface area contributed by atoms with Gasteiger partial charge in [0.05, 0.1) is 5.71 Å². The Labute approximate surface area is 179 Å². The topological polar surface area (TPSA) is 88.3 Å². The molecular formula is C23H21ClN2O4. The summed E-state index contributed by atoms with van der Waals surface area (Å²) >= 11 is 5.87. The number of halogens is 1. The molecule has 0 aromatic heterocycles. The number of allylic oxidation sites excluding steroid dienone is 1. The molecule has 1 N–H and O–H groups in total. The number of carbonyl (C=O) groups is 2. The summed E-state index contributed by atoms with van der Waals surface area (Å²) in [6.45, 7) is 6.59. The molecule has 6 nitrogen and oxygen atoms in total. The number of amidine groups is 1. The molecule has 30 heavy (non-hydrogen) atoms. The largest absolute Gasteiger partial charge is 0.512 e. The van der Waals surface area contributed by atoms with Gasteiger partial charge in [0.1, 0.15) is 16.9 Å². The van der Waals surface area contributed by atoms with Crippen LogP contribution in [0, 0.1) is 0 Å². The summed E-state index contributed by atoms with van der Waals surface area (Å²) < 4.78 is 5.43. The predicted octanol–water partition coefficient (Wildman–Crippen LogP) is 4.90. The van der Waals surface area contributed by atoms with Gasteiger partial charge in [0.15, 0.2) is 5.84 Å². The molecule has 0 spiro atoms. The van der Waals surface area contributed by atoms with Gasteiger partial charge in [0.2, 0.25) is 0 Å². The fourth-order valence-corrected chi connectivity index (χ4v) is 3.01. The van der Waals surface area contributed by atoms with Crippen LogP contribution in [0.25, 0.3) is 0 Å². The molecule has 0 saturated carbocycles. The van der Waals surface area contributed by atoms with Crippen LogP contribution in [0.1, 0.15) is 49.2 Å². The highest BCUT2D eigenvalue weighted by atomic mass is 35.5. The van der Waals surface area contributed by atoms with Gasteiger partial charge in [0.25, 0.3) is 5.91 Å². The van der Waals surface area contributed by atoms with Gasteiger partial charge in [0, 0.05) is 21.7 Å². The lowest BCUT2D eigenvalue weighted by atomic mass is 9.99. The molecule has 0 aliphatic carbocycles. The second kappa shape index (κ2) is 8.24. The number of nitrogens with zero attached hydrogens (tertiary/aromatic N) is 2. The minimum absolute atomic E-state index is 0.0680. The van der Waals surface area contributed by atoms with Crippen LogP contribution in [0.4, 0.5) is 0 Å². The van der Waals surface area contributed by atoms with Crippen LogP contribution in [-0.2, 0) is 9.53 Å². The van der Waals surface area contributed by atoms with Gasteiger partial charge < -0.3 is 9.84 Å². The molecular weight excluding hydrogens is 404 g/mol. The Kier molecular flexibility index (Phi) is 5.89. The number of hydrogen-bond donors (Lipinski definition) is 1. The number of aliphatic imine (C=N–C) groups is 2. The van der Waals surface area contributed by atoms with Crippen molar-refractivity contribution in [1.82, 2.24) is 0 Å². The first-order chi connectivity index (χ1) is 14.1. The van der Waals surface area contributed by atoms with Crippen LogP contribution in [0.2, 0.25) is 5.02 Å². The second-order valence-electron chi connectivity index (χ2n) is 7.72. The summed E-state index contributed by atoms with van der Waals surface area (Å²) in [5.41, 5.74) is 0.905. The second-order valence-corrected chi connectivity index (χ2v) is 8.15. The monoisotopic (exact) mass is 424 g/mol. The van der Waals surface area contributed by atoms with E-state index < -0.39 is 17.5 Å². The van der Waals surface area contributed by atoms with Crippen molar-refractivity contribution in [3.63, 3.8) is 0 Å². The van der Waals surface area contributed by atoms with Gasteiger partial charge in [-0.3, -0.25) is 4.79 Å². The SMILES string of the molecule is CC(O)=C(C(=O)OC(C)(C)C)C1=NC(=NC(=O)c2ccc(Cl)cc2)c2ccccc21. The van der Waals surface area contributed by atoms with Crippen molar-refractivity contribution in [3.8, 4) is 0 Å². The van der Waals surface area contributed by atoms with Gasteiger partial charge in [-0.1, -0.05) is 35.9 Å². The minimum Gasteiger partial charge on any atom is -0.512 e. The van der Waals surface area contributed by atoms with Crippen LogP contribution in [0.15, 0.2) is 69.8 Å². The zero-order chi connectivity index (χ0) is 22.1. The maximum atomic E-state index is 12.7. The maximum Gasteiger partial charge on any atom is 0.344 e. The van der Waals surface area contributed by atoms with E-state index in [1.165, 1.54) is 6.92 Å². The Morgan fingerprint density at radius 2 is 1.63 bits per heavy atom. The van der Waals surface area contributed by atoms with Crippen LogP contribution in [-0.4, -0.2) is 34.1 Å². The van der Waals surface area contributed by atoms with Crippen molar-refractivity contribution in [2.45, 2.75) is 33.3 Å². The third kappa shape index (κ3) is 4.66. The quantitative estimate of drug-likeness (QED) is 0.431. The molecule has 1 amide bonds. The van der Waals surface area contributed by atoms with Gasteiger partial charge >= 0.3 is 5.97 Å². The lowest BCUT2D eigenvalue weighted by Crippen LogP contribution is -2.28. The van der Waals surface area contributed by atoms with Crippen molar-refractivity contribution in [1.29, 1.82) is 0 Å². The number of aliphatic hydroxyl groups is 1. The molecule has 0 radical (unpaired) electrons. The first-order valence-corrected chi connectivity index (χ1v) is 9.65. The summed E-state index contributed by atoms with van der Waals surface area (Å²) in [7, 11) is 0. The van der Waals surface area contributed by atoms with Crippen LogP contribution < -0.4 is 0 Å². The fraction of sp³-hybridized carbons (Fsp3) is 0.217. The lowest BCUT2D eigenvalue weighted by molar-refractivity contribution is -0.149. The van der Waals surface area contributed by atoms with Crippen molar-refractivity contribution in [2.24, 2.45) is 9.98 Å². The van der Waals surface area contributed by atoms with E-state index >= 15 is 0 Å². The molecule has 3 rings (SSSR count). The highest BCUT2D eigenvalue weighted by molar-refractivity contribution is 6.36. The normalized spacial score (nSPS) is 15.4. The number of aliphatic hydroxyl groups excluding tert-OH is 1. The third-order valence-electron chi connectivity index (χ3n) is 4.14. The zero-order valence-electron chi connectivity index (χ0n) is 17.1. The number of carbonyl (C=O) groups excluding carboxylic acids is 2. The molecule has 1 aliphatic heterocycles. The molecule has 0 saturated heterocycles. The predicted molar refractivity (Wildman–Crippen MR) is 116 cm³/mol. The highest BCUT2D eigenvalue weighted by Crippen LogP contribution is 2.27. The molecule has 1 aliphatic rings. The average Bonchev–Trinajstić information content (AvgIpc) is 2.99. The van der Waals surface area contributed by atoms with Crippen LogP contribution in [0.5, 0.6) is 0 Å². The van der Waals surface area contributed by atoms with Crippen molar-refractivity contribution in [2.75, 3.05) is 0 Å². The zero-order valence-corrected chi connectivity index (χ0v) is 17.8. The van der Waals surface area contributed by atoms with E-state index in [2.05, 4.69) is 9.98 Å². The molecule has 1 heterocycles. The Morgan fingerprint density at radius 3 is 2.20 bits per heavy atom. The number of amides is 1. The number of fused-ring (bicyclic) bond motifs is 1. The molecule has 0 atom stereocenters. The third-order valence-corrected chi connectivity index (χ3v) is 4.39. The number of rotatable bonds is 3. The van der Waals surface area contributed by atoms with Gasteiger partial charge in [-0.15, -0.1) is 0 Å². The van der Waals surface area contributed by atoms with E-state index in [-0.39, 0.29) is 22.9 Å². The maximum absolute atomic E-state index is 12.7. The van der Waals surface area contributed by atoms with E-state index in [0.29, 0.717) is 21.7 Å². The minimum atomic E-state index is -0.752. The van der Waals surface area contributed by atoms with Crippen molar-refractivity contribution >= 4 is 35.0 Å². The van der Waals surface area contributed by atoms with Crippen molar-refractivity contribution in [3.05, 3.63) is 81.6 Å². The summed E-state index contributed by atoms with van der Waals surface area (Å²) in [4.78, 5) is 33.9. The van der Waals surface area contributed by atoms with E-state index in [4.69, 9.17) is 16.3 Å². The standard InChI is InChI=1S/C23H21ClN2O4/c1-13(27)18(22(29)30-23(2,3)4)19-16-7-5-6-8-17(16)20(25-19)26-21(28)14-9-11-15(24)12-10-14/h5-12,27H,1-4H3. The summed E-state index contributed by atoms with van der Waals surface area (Å²) in [5, 5.41) is 10.7. The molecule has 154 valence electrons. The highest BCUT2D eigenvalue weighted by Gasteiger charge is 2.32. The smallest absolute Gasteiger partial charge is 0.344 e. The van der Waals surface area contributed by atoms with E-state index in [1.54, 1.807) is 69.3 Å². The number of ether oxygens (including phenoxy) is 1. The summed E-state index contributed by atoms with van der Waals surface area (Å²) in [6, 6.07) is 13.4. The fourth-order valence-electron chi connectivity index (χ4n) is 2.88. The first-order valence-electron chi connectivity index (χ1n) is 9.27. The summed E-state index contributed by atoms with van der Waals surface area (Å²) in [5.74, 6) is -1.28. The Hall–Kier alpha value is -3.25. The number of esters is 1. The van der Waals surface area contributed by atoms with Gasteiger partial charge in [-0.2, -0.15) is 4.99 Å². The van der Waals surface area contributed by atoms with E-state index in [0.717, 1.165) is 0 Å². The molecule has 2 aromatic carbocycles. The Bertz CT molecular complexity index is 1100. The van der Waals surface area contributed by atoms with E-state index in [9.17, 15) is 14.7 Å². The molecule has 7 heteroatoms.